The van der Waals surface area contributed by atoms with E-state index in [-0.39, 0.29) is 30.7 Å². The van der Waals surface area contributed by atoms with Crippen molar-refractivity contribution in [1.29, 1.82) is 0 Å². The van der Waals surface area contributed by atoms with Gasteiger partial charge in [-0.05, 0) is 49.8 Å². The van der Waals surface area contributed by atoms with Crippen molar-refractivity contribution in [3.8, 4) is 11.1 Å². The number of benzene rings is 2. The van der Waals surface area contributed by atoms with Gasteiger partial charge in [-0.3, -0.25) is 4.79 Å². The number of aryl methyl sites for hydroxylation is 1. The predicted octanol–water partition coefficient (Wildman–Crippen LogP) is 4.64. The first kappa shape index (κ1) is 28.6. The van der Waals surface area contributed by atoms with Crippen LogP contribution in [0.2, 0.25) is 5.02 Å². The zero-order valence-electron chi connectivity index (χ0n) is 22.3. The Morgan fingerprint density at radius 1 is 1.28 bits per heavy atom. The number of aliphatic hydroxyl groups is 1. The third-order valence-corrected chi connectivity index (χ3v) is 7.60. The van der Waals surface area contributed by atoms with Crippen molar-refractivity contribution in [3.63, 3.8) is 0 Å². The van der Waals surface area contributed by atoms with E-state index in [0.29, 0.717) is 55.1 Å². The molecule has 1 aliphatic rings. The molecule has 0 unspecified atom stereocenters. The molecule has 0 spiro atoms. The Hall–Kier alpha value is -3.40. The predicted molar refractivity (Wildman–Crippen MR) is 148 cm³/mol. The third kappa shape index (κ3) is 6.43. The van der Waals surface area contributed by atoms with Gasteiger partial charge >= 0.3 is 6.09 Å². The van der Waals surface area contributed by atoms with Gasteiger partial charge in [-0.25, -0.2) is 4.79 Å². The fourth-order valence-corrected chi connectivity index (χ4v) is 5.62. The van der Waals surface area contributed by atoms with Gasteiger partial charge in [-0.1, -0.05) is 58.7 Å². The second-order valence-corrected chi connectivity index (χ2v) is 10.3. The highest BCUT2D eigenvalue weighted by molar-refractivity contribution is 6.33. The fourth-order valence-electron chi connectivity index (χ4n) is 5.34. The first-order valence-corrected chi connectivity index (χ1v) is 13.5. The lowest BCUT2D eigenvalue weighted by molar-refractivity contribution is -0.0589. The Bertz CT molecular complexity index is 1310. The Balaban J connectivity index is 1.70. The van der Waals surface area contributed by atoms with Crippen LogP contribution in [0.5, 0.6) is 0 Å². The number of aromatic nitrogens is 1. The van der Waals surface area contributed by atoms with E-state index in [4.69, 9.17) is 26.6 Å². The van der Waals surface area contributed by atoms with Crippen LogP contribution in [-0.2, 0) is 16.9 Å². The average molecular weight is 555 g/mol. The number of halogens is 1. The summed E-state index contributed by atoms with van der Waals surface area (Å²) in [5.74, 6) is -0.141. The van der Waals surface area contributed by atoms with Gasteiger partial charge in [0.05, 0.1) is 18.8 Å². The molecule has 4 N–H and O–H groups in total. The molecule has 1 fully saturated rings. The first-order valence-electron chi connectivity index (χ1n) is 13.1. The summed E-state index contributed by atoms with van der Waals surface area (Å²) in [6.07, 6.45) is 1.59. The minimum atomic E-state index is -1.36. The molecule has 3 aromatic rings. The van der Waals surface area contributed by atoms with Gasteiger partial charge in [0.2, 0.25) is 0 Å². The average Bonchev–Trinajstić information content (AvgIpc) is 3.44. The lowest BCUT2D eigenvalue weighted by Crippen LogP contribution is -2.48. The van der Waals surface area contributed by atoms with Crippen LogP contribution in [0.25, 0.3) is 11.1 Å². The molecule has 9 nitrogen and oxygen atoms in total. The largest absolute Gasteiger partial charge is 0.450 e. The summed E-state index contributed by atoms with van der Waals surface area (Å²) in [6, 6.07) is 15.1. The summed E-state index contributed by atoms with van der Waals surface area (Å²) in [6.45, 7) is 3.15. The number of nitrogens with one attached hydrogen (secondary N) is 1. The van der Waals surface area contributed by atoms with E-state index in [1.165, 1.54) is 7.05 Å². The second-order valence-electron chi connectivity index (χ2n) is 9.92. The van der Waals surface area contributed by atoms with E-state index < -0.39 is 11.7 Å². The molecule has 1 aromatic heterocycles. The first-order chi connectivity index (χ1) is 18.8. The minimum absolute atomic E-state index is 0.137. The standard InChI is InChI=1S/C29H35ClN4O5/c1-19-7-3-8-20(15-19)26-23(10-4-11-24(26)30)29(37,12-6-14-38-28(36)32-2)21-9-5-13-34(18-21)27(35)25-16-22(17-31)39-33-25/h3-4,7-8,10-11,15-16,21,37H,5-6,9,12-14,17-18,31H2,1-2H3,(H,32,36)/t21-,29+/m1/s1. The molecule has 0 radical (unpaired) electrons. The number of alkyl carbamates (subject to hydrolysis) is 1. The second kappa shape index (κ2) is 12.6. The van der Waals surface area contributed by atoms with Crippen LogP contribution in [0.15, 0.2) is 53.1 Å². The Morgan fingerprint density at radius 2 is 2.08 bits per heavy atom. The van der Waals surface area contributed by atoms with Gasteiger partial charge in [-0.15, -0.1) is 0 Å². The maximum Gasteiger partial charge on any atom is 0.406 e. The maximum absolute atomic E-state index is 13.3. The van der Waals surface area contributed by atoms with Crippen LogP contribution in [0, 0.1) is 12.8 Å². The summed E-state index contributed by atoms with van der Waals surface area (Å²) in [5, 5.41) is 19.4. The van der Waals surface area contributed by atoms with Crippen molar-refractivity contribution in [2.24, 2.45) is 11.7 Å². The number of carbonyl (C=O) groups is 2. The zero-order chi connectivity index (χ0) is 28.0. The van der Waals surface area contributed by atoms with Crippen molar-refractivity contribution in [1.82, 2.24) is 15.4 Å². The van der Waals surface area contributed by atoms with Gasteiger partial charge in [-0.2, -0.15) is 0 Å². The lowest BCUT2D eigenvalue weighted by Gasteiger charge is -2.43. The monoisotopic (exact) mass is 554 g/mol. The van der Waals surface area contributed by atoms with Crippen molar-refractivity contribution < 1.29 is 24.0 Å². The smallest absolute Gasteiger partial charge is 0.406 e. The summed E-state index contributed by atoms with van der Waals surface area (Å²) in [7, 11) is 1.50. The molecule has 10 heteroatoms. The van der Waals surface area contributed by atoms with Gasteiger partial charge in [0.1, 0.15) is 0 Å². The van der Waals surface area contributed by atoms with E-state index in [0.717, 1.165) is 16.7 Å². The molecule has 4 rings (SSSR count). The van der Waals surface area contributed by atoms with Crippen LogP contribution in [-0.4, -0.2) is 53.9 Å². The maximum atomic E-state index is 13.3. The molecule has 1 saturated heterocycles. The highest BCUT2D eigenvalue weighted by atomic mass is 35.5. The summed E-state index contributed by atoms with van der Waals surface area (Å²) < 4.78 is 10.4. The number of hydrogen-bond acceptors (Lipinski definition) is 7. The molecule has 0 aliphatic carbocycles. The fraction of sp³-hybridized carbons (Fsp3) is 0.414. The molecule has 2 atom stereocenters. The number of hydrogen-bond donors (Lipinski definition) is 3. The number of ether oxygens (including phenoxy) is 1. The topological polar surface area (TPSA) is 131 Å². The van der Waals surface area contributed by atoms with Crippen molar-refractivity contribution in [3.05, 3.63) is 76.1 Å². The summed E-state index contributed by atoms with van der Waals surface area (Å²) in [5.41, 5.74) is 7.86. The van der Waals surface area contributed by atoms with E-state index in [1.807, 2.05) is 49.4 Å². The number of amides is 2. The van der Waals surface area contributed by atoms with Crippen LogP contribution in [0.3, 0.4) is 0 Å². The number of piperidine rings is 1. The van der Waals surface area contributed by atoms with Gasteiger partial charge in [0, 0.05) is 42.7 Å². The SMILES string of the molecule is CNC(=O)OCCC[C@@](O)(c1cccc(Cl)c1-c1cccc(C)c1)[C@@H]1CCCN(C(=O)c2cc(CN)on2)C1. The van der Waals surface area contributed by atoms with Crippen LogP contribution >= 0.6 is 11.6 Å². The summed E-state index contributed by atoms with van der Waals surface area (Å²) >= 11 is 6.78. The number of nitrogens with zero attached hydrogens (tertiary/aromatic N) is 2. The van der Waals surface area contributed by atoms with Gasteiger partial charge < -0.3 is 30.3 Å². The zero-order valence-corrected chi connectivity index (χ0v) is 23.0. The van der Waals surface area contributed by atoms with E-state index >= 15 is 0 Å². The van der Waals surface area contributed by atoms with Gasteiger partial charge in [0.15, 0.2) is 11.5 Å². The lowest BCUT2D eigenvalue weighted by atomic mass is 9.72. The van der Waals surface area contributed by atoms with Crippen molar-refractivity contribution in [2.75, 3.05) is 26.7 Å². The Kier molecular flexibility index (Phi) is 9.27. The summed E-state index contributed by atoms with van der Waals surface area (Å²) in [4.78, 5) is 26.6. The number of nitrogens with two attached hydrogens (primary N) is 1. The number of carbonyl (C=O) groups excluding carboxylic acids is 2. The highest BCUT2D eigenvalue weighted by Crippen LogP contribution is 2.45. The van der Waals surface area contributed by atoms with Crippen molar-refractivity contribution in [2.45, 2.75) is 44.8 Å². The quantitative estimate of drug-likeness (QED) is 0.328. The molecule has 2 amide bonds. The normalized spacial score (nSPS) is 16.9. The highest BCUT2D eigenvalue weighted by Gasteiger charge is 2.43. The molecule has 2 heterocycles. The molecule has 1 aliphatic heterocycles. The molecule has 39 heavy (non-hydrogen) atoms. The molecule has 208 valence electrons. The Labute approximate surface area is 233 Å². The third-order valence-electron chi connectivity index (χ3n) is 7.29. The number of rotatable bonds is 9. The molecule has 0 bridgehead atoms. The molecule has 0 saturated carbocycles. The number of likely N-dealkylation sites (tertiary alicyclic amines) is 1. The minimum Gasteiger partial charge on any atom is -0.450 e. The van der Waals surface area contributed by atoms with E-state index in [1.54, 1.807) is 11.0 Å². The van der Waals surface area contributed by atoms with Crippen LogP contribution in [0.1, 0.15) is 53.1 Å². The van der Waals surface area contributed by atoms with Crippen LogP contribution in [0.4, 0.5) is 4.79 Å². The van der Waals surface area contributed by atoms with Gasteiger partial charge in [0.25, 0.3) is 5.91 Å². The Morgan fingerprint density at radius 3 is 2.79 bits per heavy atom. The molecular weight excluding hydrogens is 520 g/mol. The molecule has 2 aromatic carbocycles. The van der Waals surface area contributed by atoms with E-state index in [2.05, 4.69) is 10.5 Å². The van der Waals surface area contributed by atoms with E-state index in [9.17, 15) is 14.7 Å². The van der Waals surface area contributed by atoms with Crippen LogP contribution < -0.4 is 11.1 Å². The molecular formula is C29H35ClN4O5. The van der Waals surface area contributed by atoms with Crippen molar-refractivity contribution >= 4 is 23.6 Å².